The fourth-order valence-electron chi connectivity index (χ4n) is 10.8. The van der Waals surface area contributed by atoms with E-state index in [4.69, 9.17) is 0 Å². The number of benzene rings is 7. The highest BCUT2D eigenvalue weighted by Crippen LogP contribution is 2.40. The van der Waals surface area contributed by atoms with Crippen LogP contribution in [0.4, 0.5) is 0 Å². The number of rotatable bonds is 2. The van der Waals surface area contributed by atoms with Gasteiger partial charge in [0.2, 0.25) is 0 Å². The molecule has 7 aromatic carbocycles. The van der Waals surface area contributed by atoms with Gasteiger partial charge in [0.25, 0.3) is 6.71 Å². The Balaban J connectivity index is 1.15. The maximum Gasteiger partial charge on any atom is 0.255 e. The van der Waals surface area contributed by atoms with Crippen LogP contribution in [0.15, 0.2) is 140 Å². The second kappa shape index (κ2) is 10.1. The van der Waals surface area contributed by atoms with E-state index in [1.54, 1.807) is 0 Å². The Labute approximate surface area is 318 Å². The lowest BCUT2D eigenvalue weighted by Crippen LogP contribution is -2.59. The van der Waals surface area contributed by atoms with Crippen LogP contribution >= 0.6 is 0 Å². The van der Waals surface area contributed by atoms with Gasteiger partial charge in [-0.25, -0.2) is 0 Å². The van der Waals surface area contributed by atoms with E-state index in [1.165, 1.54) is 127 Å². The molecule has 258 valence electrons. The summed E-state index contributed by atoms with van der Waals surface area (Å²) in [7, 11) is 0. The Hall–Kier alpha value is -6.72. The van der Waals surface area contributed by atoms with Crippen molar-refractivity contribution in [3.8, 4) is 33.6 Å². The van der Waals surface area contributed by atoms with Crippen LogP contribution in [0, 0.1) is 27.7 Å². The lowest BCUT2D eigenvalue weighted by Gasteiger charge is -2.32. The lowest BCUT2D eigenvalue weighted by atomic mass is 9.34. The molecule has 0 saturated carbocycles. The molecule has 0 spiro atoms. The smallest absolute Gasteiger partial charge is 0.255 e. The van der Waals surface area contributed by atoms with Crippen LogP contribution in [-0.2, 0) is 0 Å². The highest BCUT2D eigenvalue weighted by Gasteiger charge is 2.43. The van der Waals surface area contributed by atoms with Gasteiger partial charge in [-0.2, -0.15) is 0 Å². The molecule has 0 radical (unpaired) electrons. The molecule has 0 atom stereocenters. The zero-order valence-corrected chi connectivity index (χ0v) is 31.1. The molecule has 0 amide bonds. The van der Waals surface area contributed by atoms with Crippen molar-refractivity contribution >= 4 is 78.3 Å². The third kappa shape index (κ3) is 3.68. The summed E-state index contributed by atoms with van der Waals surface area (Å²) in [5, 5.41) is 2.58. The summed E-state index contributed by atoms with van der Waals surface area (Å²) in [4.78, 5) is 0. The van der Waals surface area contributed by atoms with Gasteiger partial charge >= 0.3 is 0 Å². The summed E-state index contributed by atoms with van der Waals surface area (Å²) < 4.78 is 10.1. The number of aromatic nitrogens is 4. The Kier molecular flexibility index (Phi) is 5.44. The number of aryl methyl sites for hydroxylation is 4. The molecular weight excluding hydrogens is 667 g/mol. The first-order chi connectivity index (χ1) is 26.9. The summed E-state index contributed by atoms with van der Waals surface area (Å²) in [6, 6.07) is 53.2. The second-order valence-electron chi connectivity index (χ2n) is 16.2. The Morgan fingerprint density at radius 2 is 1.04 bits per heavy atom. The monoisotopic (exact) mass is 702 g/mol. The maximum absolute atomic E-state index is 2.56. The summed E-state index contributed by atoms with van der Waals surface area (Å²) in [6.45, 7) is 8.85. The molecule has 2 aliphatic rings. The highest BCUT2D eigenvalue weighted by atomic mass is 15.2. The van der Waals surface area contributed by atoms with Crippen LogP contribution < -0.4 is 16.4 Å². The molecule has 6 heterocycles. The molecule has 0 aliphatic carbocycles. The quantitative estimate of drug-likeness (QED) is 0.160. The van der Waals surface area contributed by atoms with E-state index in [9.17, 15) is 0 Å². The van der Waals surface area contributed by atoms with Crippen molar-refractivity contribution < 1.29 is 0 Å². The van der Waals surface area contributed by atoms with Gasteiger partial charge < -0.3 is 0 Å². The largest absolute Gasteiger partial charge is 0.295 e. The van der Waals surface area contributed by atoms with E-state index in [1.807, 2.05) is 0 Å². The Bertz CT molecular complexity index is 3510. The topological polar surface area (TPSA) is 18.7 Å². The van der Waals surface area contributed by atoms with Crippen molar-refractivity contribution in [3.05, 3.63) is 162 Å². The number of hydrogen-bond donors (Lipinski definition) is 0. The average molecular weight is 703 g/mol. The molecule has 0 N–H and O–H groups in total. The van der Waals surface area contributed by atoms with Gasteiger partial charge in [0, 0.05) is 16.8 Å². The first-order valence-corrected chi connectivity index (χ1v) is 19.4. The van der Waals surface area contributed by atoms with Crippen LogP contribution in [0.2, 0.25) is 0 Å². The van der Waals surface area contributed by atoms with Crippen molar-refractivity contribution in [1.82, 2.24) is 17.9 Å². The van der Waals surface area contributed by atoms with Crippen molar-refractivity contribution in [2.75, 3.05) is 0 Å². The van der Waals surface area contributed by atoms with E-state index >= 15 is 0 Å². The average Bonchev–Trinajstić information content (AvgIpc) is 3.91. The molecule has 4 aromatic heterocycles. The predicted octanol–water partition coefficient (Wildman–Crippen LogP) is 10.1. The predicted molar refractivity (Wildman–Crippen MR) is 232 cm³/mol. The third-order valence-corrected chi connectivity index (χ3v) is 12.6. The fourth-order valence-corrected chi connectivity index (χ4v) is 10.8. The zero-order valence-electron chi connectivity index (χ0n) is 31.1. The molecule has 0 unspecified atom stereocenters. The number of fused-ring (bicyclic) bond motifs is 15. The second-order valence-corrected chi connectivity index (χ2v) is 16.2. The molecule has 11 aromatic rings. The first kappa shape index (κ1) is 29.7. The van der Waals surface area contributed by atoms with E-state index < -0.39 is 0 Å². The molecule has 0 saturated heterocycles. The number of nitrogens with zero attached hydrogens (tertiary/aromatic N) is 4. The maximum atomic E-state index is 2.56. The van der Waals surface area contributed by atoms with Crippen LogP contribution in [0.1, 0.15) is 22.3 Å². The summed E-state index contributed by atoms with van der Waals surface area (Å²) in [5.74, 6) is 0. The number of imidazole rings is 2. The van der Waals surface area contributed by atoms with Gasteiger partial charge in [0.1, 0.15) is 11.3 Å². The van der Waals surface area contributed by atoms with Crippen molar-refractivity contribution in [2.24, 2.45) is 0 Å². The first-order valence-electron chi connectivity index (χ1n) is 19.4. The molecule has 13 rings (SSSR count). The minimum Gasteiger partial charge on any atom is -0.295 e. The molecule has 2 aliphatic heterocycles. The van der Waals surface area contributed by atoms with Crippen LogP contribution in [0.25, 0.3) is 88.8 Å². The fraction of sp³-hybridized carbons (Fsp3) is 0.0800. The molecular formula is C50H35BN4. The van der Waals surface area contributed by atoms with E-state index in [0.717, 1.165) is 0 Å². The zero-order chi connectivity index (χ0) is 36.4. The summed E-state index contributed by atoms with van der Waals surface area (Å²) in [5.41, 5.74) is 26.9. The lowest BCUT2D eigenvalue weighted by molar-refractivity contribution is 1.12. The van der Waals surface area contributed by atoms with Gasteiger partial charge in [-0.3, -0.25) is 17.9 Å². The van der Waals surface area contributed by atoms with Gasteiger partial charge in [-0.05, 0) is 132 Å². The van der Waals surface area contributed by atoms with E-state index in [2.05, 4.69) is 185 Å². The Morgan fingerprint density at radius 3 is 1.76 bits per heavy atom. The van der Waals surface area contributed by atoms with Gasteiger partial charge in [0.05, 0.1) is 33.1 Å². The van der Waals surface area contributed by atoms with Crippen LogP contribution in [0.5, 0.6) is 0 Å². The highest BCUT2D eigenvalue weighted by molar-refractivity contribution is 7.01. The summed E-state index contributed by atoms with van der Waals surface area (Å²) in [6.07, 6.45) is 0. The van der Waals surface area contributed by atoms with Crippen molar-refractivity contribution in [1.29, 1.82) is 0 Å². The normalized spacial score (nSPS) is 13.1. The summed E-state index contributed by atoms with van der Waals surface area (Å²) >= 11 is 0. The van der Waals surface area contributed by atoms with Gasteiger partial charge in [0.15, 0.2) is 0 Å². The Morgan fingerprint density at radius 1 is 0.418 bits per heavy atom. The van der Waals surface area contributed by atoms with E-state index in [-0.39, 0.29) is 6.71 Å². The minimum absolute atomic E-state index is 0.0724. The SMILES string of the molecule is Cc1cc(C)cc(-c2ccc3c(c2)cc2n4c5c(cccc5n32)B2c3c-4cccc3-n3c4ccccc4n4c5ccc(-c6cc(C)cc(C)c6)cc5c2c34)c1. The van der Waals surface area contributed by atoms with Crippen molar-refractivity contribution in [3.63, 3.8) is 0 Å². The molecule has 0 fully saturated rings. The third-order valence-electron chi connectivity index (χ3n) is 12.6. The number of hydrogen-bond acceptors (Lipinski definition) is 0. The molecule has 5 heteroatoms. The molecule has 55 heavy (non-hydrogen) atoms. The molecule has 4 nitrogen and oxygen atoms in total. The number of para-hydroxylation sites is 3. The van der Waals surface area contributed by atoms with Crippen LogP contribution in [-0.4, -0.2) is 24.6 Å². The van der Waals surface area contributed by atoms with Crippen LogP contribution in [0.3, 0.4) is 0 Å². The van der Waals surface area contributed by atoms with E-state index in [0.29, 0.717) is 0 Å². The standard InChI is InChI=1S/C50H35BN4/c1-28-19-29(2)22-34(21-28)32-15-17-39-36(25-32)27-46-52(39)45-14-7-9-38-49(45)55(46)44-13-8-12-43-48(44)51(38)47-37-26-33(35-23-30(3)20-31(4)24-35)16-18-40(37)53-41-10-5-6-11-42(41)54(43)50(47)53/h5-27H,1-4H3. The van der Waals surface area contributed by atoms with Crippen molar-refractivity contribution in [2.45, 2.75) is 27.7 Å². The van der Waals surface area contributed by atoms with Gasteiger partial charge in [-0.15, -0.1) is 0 Å². The van der Waals surface area contributed by atoms with Gasteiger partial charge in [-0.1, -0.05) is 101 Å². The minimum atomic E-state index is 0.0724. The molecule has 0 bridgehead atoms.